The van der Waals surface area contributed by atoms with Gasteiger partial charge >= 0.3 is 0 Å². The highest BCUT2D eigenvalue weighted by atomic mass is 14.9. The van der Waals surface area contributed by atoms with Gasteiger partial charge in [0.25, 0.3) is 0 Å². The summed E-state index contributed by atoms with van der Waals surface area (Å²) >= 11 is 0. The third-order valence-corrected chi connectivity index (χ3v) is 2.13. The molecule has 0 aliphatic carbocycles. The standard InChI is InChI=1S/C14H19N/c1-3-15-13(2)9-7-8-12-14-10-5-4-6-11-14/h4-13,15H,3H2,1-2H3. The van der Waals surface area contributed by atoms with Crippen LogP contribution in [-0.4, -0.2) is 12.6 Å². The van der Waals surface area contributed by atoms with Crippen LogP contribution in [-0.2, 0) is 0 Å². The van der Waals surface area contributed by atoms with Crippen molar-refractivity contribution in [3.8, 4) is 0 Å². The molecule has 0 aliphatic rings. The van der Waals surface area contributed by atoms with Crippen LogP contribution in [0.25, 0.3) is 6.08 Å². The summed E-state index contributed by atoms with van der Waals surface area (Å²) in [5, 5.41) is 3.32. The van der Waals surface area contributed by atoms with Gasteiger partial charge in [-0.15, -0.1) is 0 Å². The maximum Gasteiger partial charge on any atom is 0.0224 e. The molecule has 80 valence electrons. The van der Waals surface area contributed by atoms with Gasteiger partial charge in [-0.05, 0) is 19.0 Å². The number of nitrogens with one attached hydrogen (secondary N) is 1. The summed E-state index contributed by atoms with van der Waals surface area (Å²) in [4.78, 5) is 0. The molecule has 15 heavy (non-hydrogen) atoms. The van der Waals surface area contributed by atoms with Gasteiger partial charge in [-0.2, -0.15) is 0 Å². The Morgan fingerprint density at radius 1 is 1.20 bits per heavy atom. The predicted octanol–water partition coefficient (Wildman–Crippen LogP) is 3.25. The van der Waals surface area contributed by atoms with E-state index in [-0.39, 0.29) is 0 Å². The van der Waals surface area contributed by atoms with E-state index in [1.807, 2.05) is 18.2 Å². The van der Waals surface area contributed by atoms with E-state index in [1.54, 1.807) is 0 Å². The molecule has 1 nitrogen and oxygen atoms in total. The number of hydrogen-bond acceptors (Lipinski definition) is 1. The first-order valence-electron chi connectivity index (χ1n) is 5.46. The second kappa shape index (κ2) is 7.02. The van der Waals surface area contributed by atoms with Crippen LogP contribution in [0.15, 0.2) is 48.6 Å². The molecule has 1 aromatic rings. The van der Waals surface area contributed by atoms with Crippen molar-refractivity contribution < 1.29 is 0 Å². The fourth-order valence-corrected chi connectivity index (χ4v) is 1.35. The van der Waals surface area contributed by atoms with Crippen molar-refractivity contribution in [2.75, 3.05) is 6.54 Å². The van der Waals surface area contributed by atoms with E-state index in [0.29, 0.717) is 6.04 Å². The molecule has 0 fully saturated rings. The minimum Gasteiger partial charge on any atom is -0.311 e. The zero-order valence-corrected chi connectivity index (χ0v) is 9.48. The van der Waals surface area contributed by atoms with Crippen molar-refractivity contribution >= 4 is 6.08 Å². The molecular formula is C14H19N. The smallest absolute Gasteiger partial charge is 0.0224 e. The zero-order valence-electron chi connectivity index (χ0n) is 9.48. The Morgan fingerprint density at radius 3 is 2.60 bits per heavy atom. The van der Waals surface area contributed by atoms with E-state index >= 15 is 0 Å². The van der Waals surface area contributed by atoms with Crippen molar-refractivity contribution in [2.24, 2.45) is 0 Å². The van der Waals surface area contributed by atoms with Gasteiger partial charge in [-0.25, -0.2) is 0 Å². The fraction of sp³-hybridized carbons (Fsp3) is 0.286. The quantitative estimate of drug-likeness (QED) is 0.721. The van der Waals surface area contributed by atoms with E-state index in [2.05, 4.69) is 55.6 Å². The molecule has 0 aromatic heterocycles. The summed E-state index contributed by atoms with van der Waals surface area (Å²) in [6.45, 7) is 5.27. The van der Waals surface area contributed by atoms with Gasteiger partial charge in [-0.1, -0.05) is 61.6 Å². The van der Waals surface area contributed by atoms with Crippen LogP contribution in [0, 0.1) is 0 Å². The number of allylic oxidation sites excluding steroid dienone is 2. The van der Waals surface area contributed by atoms with Crippen molar-refractivity contribution in [3.63, 3.8) is 0 Å². The maximum atomic E-state index is 3.32. The minimum absolute atomic E-state index is 0.440. The number of likely N-dealkylation sites (N-methyl/N-ethyl adjacent to an activating group) is 1. The zero-order chi connectivity index (χ0) is 10.9. The van der Waals surface area contributed by atoms with Gasteiger partial charge in [0.05, 0.1) is 0 Å². The molecule has 1 unspecified atom stereocenters. The summed E-state index contributed by atoms with van der Waals surface area (Å²) in [5.74, 6) is 0. The van der Waals surface area contributed by atoms with Crippen LogP contribution in [0.1, 0.15) is 19.4 Å². The van der Waals surface area contributed by atoms with Gasteiger partial charge in [0.1, 0.15) is 0 Å². The Labute approximate surface area is 92.5 Å². The lowest BCUT2D eigenvalue weighted by molar-refractivity contribution is 0.661. The lowest BCUT2D eigenvalue weighted by Gasteiger charge is -2.04. The van der Waals surface area contributed by atoms with E-state index < -0.39 is 0 Å². The molecule has 1 aromatic carbocycles. The Hall–Kier alpha value is -1.34. The molecule has 0 bridgehead atoms. The normalized spacial score (nSPS) is 13.7. The Kier molecular flexibility index (Phi) is 5.49. The highest BCUT2D eigenvalue weighted by Crippen LogP contribution is 2.00. The lowest BCUT2D eigenvalue weighted by atomic mass is 10.2. The van der Waals surface area contributed by atoms with E-state index in [1.165, 1.54) is 5.56 Å². The topological polar surface area (TPSA) is 12.0 Å². The van der Waals surface area contributed by atoms with Crippen LogP contribution >= 0.6 is 0 Å². The number of hydrogen-bond donors (Lipinski definition) is 1. The maximum absolute atomic E-state index is 3.32. The van der Waals surface area contributed by atoms with Gasteiger partial charge in [0.2, 0.25) is 0 Å². The second-order valence-electron chi connectivity index (χ2n) is 3.50. The summed E-state index contributed by atoms with van der Waals surface area (Å²) in [6, 6.07) is 10.8. The lowest BCUT2D eigenvalue weighted by Crippen LogP contribution is -2.22. The Balaban J connectivity index is 2.40. The van der Waals surface area contributed by atoms with Gasteiger partial charge in [0.15, 0.2) is 0 Å². The highest BCUT2D eigenvalue weighted by Gasteiger charge is 1.89. The minimum atomic E-state index is 0.440. The summed E-state index contributed by atoms with van der Waals surface area (Å²) < 4.78 is 0. The molecule has 0 heterocycles. The summed E-state index contributed by atoms with van der Waals surface area (Å²) in [7, 11) is 0. The molecule has 1 rings (SSSR count). The van der Waals surface area contributed by atoms with Crippen molar-refractivity contribution in [2.45, 2.75) is 19.9 Å². The van der Waals surface area contributed by atoms with E-state index in [9.17, 15) is 0 Å². The highest BCUT2D eigenvalue weighted by molar-refractivity contribution is 5.50. The first-order valence-corrected chi connectivity index (χ1v) is 5.46. The van der Waals surface area contributed by atoms with Crippen molar-refractivity contribution in [3.05, 3.63) is 54.1 Å². The number of rotatable bonds is 5. The van der Waals surface area contributed by atoms with E-state index in [0.717, 1.165) is 6.54 Å². The summed E-state index contributed by atoms with van der Waals surface area (Å²) in [6.07, 6.45) is 8.42. The van der Waals surface area contributed by atoms with Crippen LogP contribution in [0.2, 0.25) is 0 Å². The average molecular weight is 201 g/mol. The molecule has 0 aliphatic heterocycles. The molecule has 0 saturated carbocycles. The molecule has 1 atom stereocenters. The third kappa shape index (κ3) is 5.18. The first-order chi connectivity index (χ1) is 7.33. The van der Waals surface area contributed by atoms with E-state index in [4.69, 9.17) is 0 Å². The van der Waals surface area contributed by atoms with Crippen LogP contribution in [0.5, 0.6) is 0 Å². The largest absolute Gasteiger partial charge is 0.311 e. The monoisotopic (exact) mass is 201 g/mol. The van der Waals surface area contributed by atoms with Gasteiger partial charge in [0, 0.05) is 6.04 Å². The van der Waals surface area contributed by atoms with Crippen molar-refractivity contribution in [1.29, 1.82) is 0 Å². The van der Waals surface area contributed by atoms with Gasteiger partial charge < -0.3 is 5.32 Å². The summed E-state index contributed by atoms with van der Waals surface area (Å²) in [5.41, 5.74) is 1.23. The molecule has 0 amide bonds. The second-order valence-corrected chi connectivity index (χ2v) is 3.50. The number of benzene rings is 1. The molecule has 0 radical (unpaired) electrons. The SMILES string of the molecule is CCNC(C)C=CC=Cc1ccccc1. The Bertz CT molecular complexity index is 311. The molecule has 0 saturated heterocycles. The molecule has 1 N–H and O–H groups in total. The van der Waals surface area contributed by atoms with Crippen LogP contribution in [0.3, 0.4) is 0 Å². The van der Waals surface area contributed by atoms with Crippen molar-refractivity contribution in [1.82, 2.24) is 5.32 Å². The third-order valence-electron chi connectivity index (χ3n) is 2.13. The van der Waals surface area contributed by atoms with Crippen LogP contribution < -0.4 is 5.32 Å². The molecular weight excluding hydrogens is 182 g/mol. The van der Waals surface area contributed by atoms with Crippen LogP contribution in [0.4, 0.5) is 0 Å². The predicted molar refractivity (Wildman–Crippen MR) is 67.8 cm³/mol. The average Bonchev–Trinajstić information content (AvgIpc) is 2.26. The molecule has 1 heteroatoms. The molecule has 0 spiro atoms. The first kappa shape index (κ1) is 11.7. The Morgan fingerprint density at radius 2 is 1.93 bits per heavy atom. The van der Waals surface area contributed by atoms with Gasteiger partial charge in [-0.3, -0.25) is 0 Å². The fourth-order valence-electron chi connectivity index (χ4n) is 1.35.